The Morgan fingerprint density at radius 1 is 1.33 bits per heavy atom. The molecule has 6 nitrogen and oxygen atoms in total. The summed E-state index contributed by atoms with van der Waals surface area (Å²) in [7, 11) is 1.88. The molecule has 0 unspecified atom stereocenters. The summed E-state index contributed by atoms with van der Waals surface area (Å²) < 4.78 is 2.50. The first-order valence-corrected chi connectivity index (χ1v) is 8.55. The fourth-order valence-electron chi connectivity index (χ4n) is 2.88. The van der Waals surface area contributed by atoms with Gasteiger partial charge in [-0.1, -0.05) is 33.6 Å². The second-order valence-electron chi connectivity index (χ2n) is 5.58. The monoisotopic (exact) mass is 405 g/mol. The summed E-state index contributed by atoms with van der Waals surface area (Å²) in [5.74, 6) is -0.162. The highest BCUT2D eigenvalue weighted by atomic mass is 79.9. The number of fused-ring (bicyclic) bond motifs is 2. The molecule has 0 N–H and O–H groups in total. The van der Waals surface area contributed by atoms with Crippen molar-refractivity contribution in [3.05, 3.63) is 57.4 Å². The van der Waals surface area contributed by atoms with Gasteiger partial charge in [0, 0.05) is 30.3 Å². The van der Waals surface area contributed by atoms with Crippen LogP contribution in [0.2, 0.25) is 5.02 Å². The largest absolute Gasteiger partial charge is 0.292 e. The van der Waals surface area contributed by atoms with Crippen LogP contribution in [-0.2, 0) is 6.42 Å². The van der Waals surface area contributed by atoms with Gasteiger partial charge in [0.1, 0.15) is 0 Å². The number of amides is 1. The number of halogens is 2. The quantitative estimate of drug-likeness (QED) is 0.623. The topological polar surface area (TPSA) is 53.7 Å². The van der Waals surface area contributed by atoms with Gasteiger partial charge in [0.05, 0.1) is 16.9 Å². The minimum atomic E-state index is -0.162. The minimum absolute atomic E-state index is 0.162. The Balaban J connectivity index is 1.68. The molecule has 122 valence electrons. The van der Waals surface area contributed by atoms with Gasteiger partial charge in [-0.15, -0.1) is 0 Å². The normalized spacial score (nSPS) is 14.1. The number of anilines is 1. The van der Waals surface area contributed by atoms with E-state index in [2.05, 4.69) is 32.1 Å². The standard InChI is InChI=1S/C16H13BrClN5O/c1-21-14-6-11(17)3-2-10(14)4-5-23(21)16(24)13-7-15-19-8-12(18)9-22(15)20-13/h2-3,6-9H,4-5H2,1H3. The summed E-state index contributed by atoms with van der Waals surface area (Å²) in [5, 5.41) is 8.33. The van der Waals surface area contributed by atoms with E-state index in [-0.39, 0.29) is 5.91 Å². The fraction of sp³-hybridized carbons (Fsp3) is 0.188. The number of aromatic nitrogens is 3. The summed E-state index contributed by atoms with van der Waals surface area (Å²) in [4.78, 5) is 17.1. The lowest BCUT2D eigenvalue weighted by Gasteiger charge is -2.38. The third kappa shape index (κ3) is 2.53. The Bertz CT molecular complexity index is 957. The molecular formula is C16H13BrClN5O. The molecule has 0 bridgehead atoms. The number of hydrogen-bond donors (Lipinski definition) is 0. The highest BCUT2D eigenvalue weighted by molar-refractivity contribution is 9.10. The molecule has 1 aliphatic heterocycles. The van der Waals surface area contributed by atoms with Gasteiger partial charge in [-0.05, 0) is 24.1 Å². The average Bonchev–Trinajstić information content (AvgIpc) is 2.98. The van der Waals surface area contributed by atoms with E-state index >= 15 is 0 Å². The molecule has 4 rings (SSSR count). The molecule has 0 radical (unpaired) electrons. The van der Waals surface area contributed by atoms with Crippen molar-refractivity contribution in [2.24, 2.45) is 0 Å². The van der Waals surface area contributed by atoms with Crippen molar-refractivity contribution in [1.29, 1.82) is 0 Å². The summed E-state index contributed by atoms with van der Waals surface area (Å²) in [6, 6.07) is 7.78. The van der Waals surface area contributed by atoms with Gasteiger partial charge >= 0.3 is 0 Å². The van der Waals surface area contributed by atoms with Crippen LogP contribution in [0.15, 0.2) is 41.1 Å². The maximum atomic E-state index is 12.9. The third-order valence-corrected chi connectivity index (χ3v) is 4.77. The first-order chi connectivity index (χ1) is 11.5. The SMILES string of the molecule is CN1c2cc(Br)ccc2CCN1C(=O)c1cc2ncc(Cl)cn2n1. The van der Waals surface area contributed by atoms with Crippen LogP contribution in [0.5, 0.6) is 0 Å². The molecule has 3 heterocycles. The van der Waals surface area contributed by atoms with Crippen LogP contribution in [-0.4, -0.2) is 39.1 Å². The van der Waals surface area contributed by atoms with Crippen LogP contribution >= 0.6 is 27.5 Å². The van der Waals surface area contributed by atoms with E-state index in [0.29, 0.717) is 22.9 Å². The van der Waals surface area contributed by atoms with Crippen LogP contribution in [0, 0.1) is 0 Å². The molecule has 3 aromatic rings. The van der Waals surface area contributed by atoms with E-state index in [1.54, 1.807) is 17.3 Å². The van der Waals surface area contributed by atoms with E-state index in [1.807, 2.05) is 24.2 Å². The average molecular weight is 407 g/mol. The number of hydrogen-bond acceptors (Lipinski definition) is 4. The number of carbonyl (C=O) groups excluding carboxylic acids is 1. The van der Waals surface area contributed by atoms with Crippen molar-refractivity contribution in [2.45, 2.75) is 6.42 Å². The number of nitrogens with zero attached hydrogens (tertiary/aromatic N) is 5. The molecule has 8 heteroatoms. The number of benzene rings is 1. The first kappa shape index (κ1) is 15.4. The van der Waals surface area contributed by atoms with Gasteiger partial charge in [-0.2, -0.15) is 5.10 Å². The minimum Gasteiger partial charge on any atom is -0.285 e. The Hall–Kier alpha value is -2.12. The summed E-state index contributed by atoms with van der Waals surface area (Å²) in [5.41, 5.74) is 3.16. The second kappa shape index (κ2) is 5.75. The lowest BCUT2D eigenvalue weighted by molar-refractivity contribution is 0.0732. The van der Waals surface area contributed by atoms with E-state index in [0.717, 1.165) is 16.6 Å². The highest BCUT2D eigenvalue weighted by Gasteiger charge is 2.28. The third-order valence-electron chi connectivity index (χ3n) is 4.09. The predicted octanol–water partition coefficient (Wildman–Crippen LogP) is 3.19. The predicted molar refractivity (Wildman–Crippen MR) is 95.3 cm³/mol. The van der Waals surface area contributed by atoms with Gasteiger partial charge in [-0.3, -0.25) is 9.80 Å². The Kier molecular flexibility index (Phi) is 3.69. The van der Waals surface area contributed by atoms with Crippen molar-refractivity contribution in [2.75, 3.05) is 18.6 Å². The number of rotatable bonds is 1. The van der Waals surface area contributed by atoms with Gasteiger partial charge in [0.15, 0.2) is 11.3 Å². The maximum Gasteiger partial charge on any atom is 0.292 e. The molecule has 1 aromatic carbocycles. The van der Waals surface area contributed by atoms with E-state index in [9.17, 15) is 4.79 Å². The molecule has 24 heavy (non-hydrogen) atoms. The van der Waals surface area contributed by atoms with Gasteiger partial charge in [0.25, 0.3) is 5.91 Å². The maximum absolute atomic E-state index is 12.9. The lowest BCUT2D eigenvalue weighted by Crippen LogP contribution is -2.48. The molecule has 1 amide bonds. The van der Waals surface area contributed by atoms with Crippen molar-refractivity contribution in [1.82, 2.24) is 19.6 Å². The lowest BCUT2D eigenvalue weighted by atomic mass is 10.1. The fourth-order valence-corrected chi connectivity index (χ4v) is 3.37. The van der Waals surface area contributed by atoms with Crippen LogP contribution in [0.1, 0.15) is 16.1 Å². The highest BCUT2D eigenvalue weighted by Crippen LogP contribution is 2.30. The smallest absolute Gasteiger partial charge is 0.285 e. The van der Waals surface area contributed by atoms with Crippen molar-refractivity contribution in [3.63, 3.8) is 0 Å². The van der Waals surface area contributed by atoms with Crippen LogP contribution < -0.4 is 5.01 Å². The Labute approximate surface area is 151 Å². The number of hydrazine groups is 1. The zero-order valence-electron chi connectivity index (χ0n) is 12.8. The van der Waals surface area contributed by atoms with Crippen molar-refractivity contribution >= 4 is 44.8 Å². The zero-order valence-corrected chi connectivity index (χ0v) is 15.1. The van der Waals surface area contributed by atoms with Gasteiger partial charge < -0.3 is 0 Å². The first-order valence-electron chi connectivity index (χ1n) is 7.38. The second-order valence-corrected chi connectivity index (χ2v) is 6.93. The molecule has 0 aliphatic carbocycles. The molecule has 0 saturated carbocycles. The van der Waals surface area contributed by atoms with E-state index < -0.39 is 0 Å². The van der Waals surface area contributed by atoms with E-state index in [4.69, 9.17) is 11.6 Å². The molecule has 0 spiro atoms. The zero-order chi connectivity index (χ0) is 16.8. The van der Waals surface area contributed by atoms with Crippen molar-refractivity contribution < 1.29 is 4.79 Å². The summed E-state index contributed by atoms with van der Waals surface area (Å²) in [6.45, 7) is 0.603. The molecule has 0 saturated heterocycles. The number of carbonyl (C=O) groups is 1. The van der Waals surface area contributed by atoms with Crippen molar-refractivity contribution in [3.8, 4) is 0 Å². The summed E-state index contributed by atoms with van der Waals surface area (Å²) in [6.07, 6.45) is 3.97. The van der Waals surface area contributed by atoms with Gasteiger partial charge in [-0.25, -0.2) is 14.5 Å². The molecule has 1 aliphatic rings. The Morgan fingerprint density at radius 3 is 3.00 bits per heavy atom. The van der Waals surface area contributed by atoms with Crippen LogP contribution in [0.4, 0.5) is 5.69 Å². The van der Waals surface area contributed by atoms with Crippen LogP contribution in [0.25, 0.3) is 5.65 Å². The van der Waals surface area contributed by atoms with E-state index in [1.165, 1.54) is 16.3 Å². The molecule has 0 atom stereocenters. The summed E-state index contributed by atoms with van der Waals surface area (Å²) >= 11 is 9.40. The van der Waals surface area contributed by atoms with Gasteiger partial charge in [0.2, 0.25) is 0 Å². The Morgan fingerprint density at radius 2 is 2.17 bits per heavy atom. The van der Waals surface area contributed by atoms with Crippen LogP contribution in [0.3, 0.4) is 0 Å². The molecule has 0 fully saturated rings. The molecule has 2 aromatic heterocycles. The molecular weight excluding hydrogens is 394 g/mol.